The summed E-state index contributed by atoms with van der Waals surface area (Å²) in [7, 11) is 0. The van der Waals surface area contributed by atoms with Gasteiger partial charge in [-0.15, -0.1) is 0 Å². The molecule has 0 saturated heterocycles. The number of hydrogen-bond acceptors (Lipinski definition) is 2. The van der Waals surface area contributed by atoms with E-state index in [1.807, 2.05) is 27.7 Å². The summed E-state index contributed by atoms with van der Waals surface area (Å²) in [6.07, 6.45) is 3.50. The Morgan fingerprint density at radius 1 is 1.06 bits per heavy atom. The molecule has 0 aromatic heterocycles. The van der Waals surface area contributed by atoms with Crippen LogP contribution >= 0.6 is 0 Å². The molecule has 0 radical (unpaired) electrons. The van der Waals surface area contributed by atoms with Gasteiger partial charge in [-0.1, -0.05) is 13.8 Å². The number of carbonyl (C=O) groups excluding carboxylic acids is 2. The molecule has 0 aromatic carbocycles. The molecule has 0 bridgehead atoms. The van der Waals surface area contributed by atoms with Gasteiger partial charge >= 0.3 is 0 Å². The minimum atomic E-state index is -0.136. The van der Waals surface area contributed by atoms with Crippen LogP contribution in [0.5, 0.6) is 0 Å². The van der Waals surface area contributed by atoms with Crippen LogP contribution in [0, 0.1) is 0 Å². The summed E-state index contributed by atoms with van der Waals surface area (Å²) in [5.41, 5.74) is -0.136. The van der Waals surface area contributed by atoms with Gasteiger partial charge in [0.2, 0.25) is 11.8 Å². The van der Waals surface area contributed by atoms with Crippen LogP contribution in [-0.2, 0) is 9.59 Å². The smallest absolute Gasteiger partial charge is 0.220 e. The first kappa shape index (κ1) is 15.9. The molecule has 0 unspecified atom stereocenters. The van der Waals surface area contributed by atoms with Crippen molar-refractivity contribution in [3.05, 3.63) is 0 Å². The third-order valence-electron chi connectivity index (χ3n) is 2.74. The van der Waals surface area contributed by atoms with Gasteiger partial charge in [-0.2, -0.15) is 0 Å². The van der Waals surface area contributed by atoms with E-state index in [9.17, 15) is 9.59 Å². The predicted molar refractivity (Wildman–Crippen MR) is 69.7 cm³/mol. The van der Waals surface area contributed by atoms with Gasteiger partial charge in [0.15, 0.2) is 0 Å². The summed E-state index contributed by atoms with van der Waals surface area (Å²) in [4.78, 5) is 22.7. The Balaban J connectivity index is 3.62. The molecule has 0 aromatic rings. The third-order valence-corrected chi connectivity index (χ3v) is 2.74. The normalized spacial score (nSPS) is 11.1. The summed E-state index contributed by atoms with van der Waals surface area (Å²) in [6, 6.07) is 0. The average molecular weight is 242 g/mol. The Bertz CT molecular complexity index is 250. The van der Waals surface area contributed by atoms with E-state index in [0.29, 0.717) is 25.8 Å². The number of carbonyl (C=O) groups is 2. The summed E-state index contributed by atoms with van der Waals surface area (Å²) in [5.74, 6) is 0.128. The molecular weight excluding hydrogens is 216 g/mol. The van der Waals surface area contributed by atoms with Crippen molar-refractivity contribution in [1.29, 1.82) is 0 Å². The molecule has 17 heavy (non-hydrogen) atoms. The van der Waals surface area contributed by atoms with Crippen molar-refractivity contribution < 1.29 is 9.59 Å². The lowest BCUT2D eigenvalue weighted by atomic mass is 10.0. The van der Waals surface area contributed by atoms with Crippen LogP contribution in [0.25, 0.3) is 0 Å². The van der Waals surface area contributed by atoms with Crippen molar-refractivity contribution in [2.75, 3.05) is 6.54 Å². The predicted octanol–water partition coefficient (Wildman–Crippen LogP) is 1.99. The van der Waals surface area contributed by atoms with Crippen LogP contribution in [-0.4, -0.2) is 23.9 Å². The fourth-order valence-corrected chi connectivity index (χ4v) is 1.32. The van der Waals surface area contributed by atoms with Crippen LogP contribution in [0.2, 0.25) is 0 Å². The van der Waals surface area contributed by atoms with Gasteiger partial charge in [0, 0.05) is 24.9 Å². The first-order valence-electron chi connectivity index (χ1n) is 6.49. The van der Waals surface area contributed by atoms with E-state index in [2.05, 4.69) is 10.6 Å². The van der Waals surface area contributed by atoms with Crippen molar-refractivity contribution in [1.82, 2.24) is 10.6 Å². The minimum absolute atomic E-state index is 0.0570. The molecule has 2 N–H and O–H groups in total. The Hall–Kier alpha value is -1.06. The zero-order valence-corrected chi connectivity index (χ0v) is 11.6. The largest absolute Gasteiger partial charge is 0.356 e. The molecule has 0 aliphatic rings. The summed E-state index contributed by atoms with van der Waals surface area (Å²) < 4.78 is 0. The second-order valence-corrected chi connectivity index (χ2v) is 4.99. The van der Waals surface area contributed by atoms with E-state index in [4.69, 9.17) is 0 Å². The molecule has 100 valence electrons. The highest BCUT2D eigenvalue weighted by Crippen LogP contribution is 2.07. The fraction of sp³-hybridized carbons (Fsp3) is 0.846. The van der Waals surface area contributed by atoms with Gasteiger partial charge in [0.05, 0.1) is 0 Å². The quantitative estimate of drug-likeness (QED) is 0.639. The van der Waals surface area contributed by atoms with E-state index in [1.54, 1.807) is 0 Å². The van der Waals surface area contributed by atoms with Crippen molar-refractivity contribution in [3.63, 3.8) is 0 Å². The molecule has 0 heterocycles. The van der Waals surface area contributed by atoms with Gasteiger partial charge in [-0.25, -0.2) is 0 Å². The maximum atomic E-state index is 11.6. The SMILES string of the molecule is CCCC(=O)NCCCC(=O)NC(C)(C)CC. The van der Waals surface area contributed by atoms with Crippen LogP contribution in [0.3, 0.4) is 0 Å². The van der Waals surface area contributed by atoms with E-state index in [0.717, 1.165) is 12.8 Å². The molecule has 0 aliphatic carbocycles. The van der Waals surface area contributed by atoms with Crippen molar-refractivity contribution in [3.8, 4) is 0 Å². The van der Waals surface area contributed by atoms with Gasteiger partial charge < -0.3 is 10.6 Å². The van der Waals surface area contributed by atoms with E-state index >= 15 is 0 Å². The molecule has 0 fully saturated rings. The van der Waals surface area contributed by atoms with Gasteiger partial charge in [-0.05, 0) is 33.1 Å². The van der Waals surface area contributed by atoms with E-state index < -0.39 is 0 Å². The Labute approximate surface area is 105 Å². The first-order valence-corrected chi connectivity index (χ1v) is 6.49. The topological polar surface area (TPSA) is 58.2 Å². The standard InChI is InChI=1S/C13H26N2O2/c1-5-8-11(16)14-10-7-9-12(17)15-13(3,4)6-2/h5-10H2,1-4H3,(H,14,16)(H,15,17). The summed E-state index contributed by atoms with van der Waals surface area (Å²) >= 11 is 0. The molecule has 4 heteroatoms. The Morgan fingerprint density at radius 2 is 1.71 bits per heavy atom. The fourth-order valence-electron chi connectivity index (χ4n) is 1.32. The lowest BCUT2D eigenvalue weighted by Crippen LogP contribution is -2.42. The van der Waals surface area contributed by atoms with Crippen LogP contribution < -0.4 is 10.6 Å². The highest BCUT2D eigenvalue weighted by atomic mass is 16.2. The van der Waals surface area contributed by atoms with Crippen LogP contribution in [0.15, 0.2) is 0 Å². The highest BCUT2D eigenvalue weighted by molar-refractivity contribution is 5.77. The number of hydrogen-bond donors (Lipinski definition) is 2. The van der Waals surface area contributed by atoms with Crippen molar-refractivity contribution in [2.45, 2.75) is 65.3 Å². The Kier molecular flexibility index (Phi) is 7.59. The second kappa shape index (κ2) is 8.09. The van der Waals surface area contributed by atoms with Crippen molar-refractivity contribution in [2.24, 2.45) is 0 Å². The molecule has 0 atom stereocenters. The second-order valence-electron chi connectivity index (χ2n) is 4.99. The van der Waals surface area contributed by atoms with Crippen LogP contribution in [0.1, 0.15) is 59.8 Å². The highest BCUT2D eigenvalue weighted by Gasteiger charge is 2.17. The number of rotatable bonds is 8. The summed E-state index contributed by atoms with van der Waals surface area (Å²) in [6.45, 7) is 8.62. The van der Waals surface area contributed by atoms with Gasteiger partial charge in [-0.3, -0.25) is 9.59 Å². The molecule has 0 spiro atoms. The number of amides is 2. The molecular formula is C13H26N2O2. The monoisotopic (exact) mass is 242 g/mol. The maximum absolute atomic E-state index is 11.6. The van der Waals surface area contributed by atoms with Crippen molar-refractivity contribution >= 4 is 11.8 Å². The third kappa shape index (κ3) is 8.72. The molecule has 0 aliphatic heterocycles. The molecule has 4 nitrogen and oxygen atoms in total. The molecule has 0 saturated carbocycles. The van der Waals surface area contributed by atoms with E-state index in [1.165, 1.54) is 0 Å². The maximum Gasteiger partial charge on any atom is 0.220 e. The van der Waals surface area contributed by atoms with E-state index in [-0.39, 0.29) is 17.4 Å². The van der Waals surface area contributed by atoms with Gasteiger partial charge in [0.25, 0.3) is 0 Å². The van der Waals surface area contributed by atoms with Crippen LogP contribution in [0.4, 0.5) is 0 Å². The lowest BCUT2D eigenvalue weighted by Gasteiger charge is -2.24. The Morgan fingerprint density at radius 3 is 2.24 bits per heavy atom. The average Bonchev–Trinajstić information content (AvgIpc) is 2.24. The molecule has 2 amide bonds. The van der Waals surface area contributed by atoms with Gasteiger partial charge in [0.1, 0.15) is 0 Å². The number of nitrogens with one attached hydrogen (secondary N) is 2. The first-order chi connectivity index (χ1) is 7.91. The molecule has 0 rings (SSSR count). The zero-order chi connectivity index (χ0) is 13.3. The minimum Gasteiger partial charge on any atom is -0.356 e. The summed E-state index contributed by atoms with van der Waals surface area (Å²) in [5, 5.41) is 5.76. The zero-order valence-electron chi connectivity index (χ0n) is 11.6. The lowest BCUT2D eigenvalue weighted by molar-refractivity contribution is -0.124.